The van der Waals surface area contributed by atoms with Crippen molar-refractivity contribution in [2.45, 2.75) is 77.9 Å². The highest BCUT2D eigenvalue weighted by Crippen LogP contribution is 2.18. The van der Waals surface area contributed by atoms with E-state index in [9.17, 15) is 0 Å². The Morgan fingerprint density at radius 1 is 1.29 bits per heavy atom. The fraction of sp³-hybridized carbons (Fsp3) is 1.00. The lowest BCUT2D eigenvalue weighted by Gasteiger charge is -2.30. The number of rotatable bonds is 8. The number of unbranched alkanes of at least 4 members (excludes halogenated alkanes) is 1. The number of hydrogen-bond acceptors (Lipinski definition) is 2. The quantitative estimate of drug-likeness (QED) is 0.699. The molecule has 102 valence electrons. The van der Waals surface area contributed by atoms with Crippen LogP contribution in [0.5, 0.6) is 0 Å². The van der Waals surface area contributed by atoms with Crippen LogP contribution in [-0.2, 0) is 4.74 Å². The second-order valence-electron chi connectivity index (χ2n) is 5.45. The normalized spacial score (nSPS) is 27.0. The molecule has 3 atom stereocenters. The van der Waals surface area contributed by atoms with Gasteiger partial charge in [0.15, 0.2) is 0 Å². The molecular weight excluding hydrogens is 210 g/mol. The Morgan fingerprint density at radius 3 is 2.76 bits per heavy atom. The van der Waals surface area contributed by atoms with Gasteiger partial charge in [-0.2, -0.15) is 0 Å². The van der Waals surface area contributed by atoms with Gasteiger partial charge in [0.25, 0.3) is 0 Å². The van der Waals surface area contributed by atoms with Crippen LogP contribution in [0, 0.1) is 5.92 Å². The predicted molar refractivity (Wildman–Crippen MR) is 74.4 cm³/mol. The maximum absolute atomic E-state index is 5.72. The van der Waals surface area contributed by atoms with Crippen LogP contribution in [0.3, 0.4) is 0 Å². The standard InChI is InChI=1S/C15H31NO/c1-4-7-8-13(5-2)12-16-14-9-10-17-15(6-3)11-14/h13-16H,4-12H2,1-3H3. The molecule has 0 aliphatic carbocycles. The van der Waals surface area contributed by atoms with E-state index in [2.05, 4.69) is 26.1 Å². The Balaban J connectivity index is 2.18. The maximum atomic E-state index is 5.72. The summed E-state index contributed by atoms with van der Waals surface area (Å²) in [6, 6.07) is 0.698. The van der Waals surface area contributed by atoms with Crippen LogP contribution < -0.4 is 5.32 Å². The highest BCUT2D eigenvalue weighted by Gasteiger charge is 2.21. The molecule has 0 saturated carbocycles. The summed E-state index contributed by atoms with van der Waals surface area (Å²) in [7, 11) is 0. The fourth-order valence-electron chi connectivity index (χ4n) is 2.63. The van der Waals surface area contributed by atoms with Gasteiger partial charge in [0, 0.05) is 12.6 Å². The SMILES string of the molecule is CCCCC(CC)CNC1CCOC(CC)C1. The van der Waals surface area contributed by atoms with Gasteiger partial charge < -0.3 is 10.1 Å². The molecule has 1 N–H and O–H groups in total. The molecule has 1 fully saturated rings. The third-order valence-corrected chi connectivity index (χ3v) is 4.06. The first-order valence-electron chi connectivity index (χ1n) is 7.65. The zero-order valence-electron chi connectivity index (χ0n) is 12.0. The van der Waals surface area contributed by atoms with E-state index >= 15 is 0 Å². The Morgan fingerprint density at radius 2 is 2.12 bits per heavy atom. The molecule has 0 aromatic heterocycles. The maximum Gasteiger partial charge on any atom is 0.0587 e. The van der Waals surface area contributed by atoms with Gasteiger partial charge in [0.05, 0.1) is 6.10 Å². The van der Waals surface area contributed by atoms with Crippen LogP contribution >= 0.6 is 0 Å². The van der Waals surface area contributed by atoms with E-state index in [4.69, 9.17) is 4.74 Å². The number of ether oxygens (including phenoxy) is 1. The van der Waals surface area contributed by atoms with Gasteiger partial charge in [0.2, 0.25) is 0 Å². The van der Waals surface area contributed by atoms with E-state index in [1.54, 1.807) is 0 Å². The van der Waals surface area contributed by atoms with Crippen molar-refractivity contribution in [1.29, 1.82) is 0 Å². The minimum absolute atomic E-state index is 0.497. The first-order valence-corrected chi connectivity index (χ1v) is 7.65. The van der Waals surface area contributed by atoms with E-state index < -0.39 is 0 Å². The van der Waals surface area contributed by atoms with Crippen molar-refractivity contribution in [2.75, 3.05) is 13.2 Å². The molecule has 0 radical (unpaired) electrons. The summed E-state index contributed by atoms with van der Waals surface area (Å²) in [5, 5.41) is 3.77. The molecule has 1 aliphatic heterocycles. The van der Waals surface area contributed by atoms with Gasteiger partial charge in [-0.05, 0) is 38.1 Å². The van der Waals surface area contributed by atoms with Crippen molar-refractivity contribution in [3.05, 3.63) is 0 Å². The molecule has 1 rings (SSSR count). The van der Waals surface area contributed by atoms with Crippen molar-refractivity contribution < 1.29 is 4.74 Å². The Kier molecular flexibility index (Phi) is 7.87. The lowest BCUT2D eigenvalue weighted by atomic mass is 9.97. The second kappa shape index (κ2) is 8.93. The van der Waals surface area contributed by atoms with Gasteiger partial charge in [-0.25, -0.2) is 0 Å². The topological polar surface area (TPSA) is 21.3 Å². The summed E-state index contributed by atoms with van der Waals surface area (Å²) in [4.78, 5) is 0. The van der Waals surface area contributed by atoms with Gasteiger partial charge in [0.1, 0.15) is 0 Å². The average molecular weight is 241 g/mol. The first-order chi connectivity index (χ1) is 8.30. The molecule has 17 heavy (non-hydrogen) atoms. The summed E-state index contributed by atoms with van der Waals surface area (Å²) in [6.07, 6.45) is 9.47. The molecule has 0 bridgehead atoms. The molecule has 1 saturated heterocycles. The van der Waals surface area contributed by atoms with E-state index in [1.807, 2.05) is 0 Å². The zero-order valence-corrected chi connectivity index (χ0v) is 12.0. The molecule has 0 aromatic carbocycles. The molecule has 2 nitrogen and oxygen atoms in total. The van der Waals surface area contributed by atoms with Crippen LogP contribution in [0.25, 0.3) is 0 Å². The minimum Gasteiger partial charge on any atom is -0.378 e. The Labute approximate surface area is 108 Å². The summed E-state index contributed by atoms with van der Waals surface area (Å²) < 4.78 is 5.72. The third-order valence-electron chi connectivity index (χ3n) is 4.06. The van der Waals surface area contributed by atoms with Crippen LogP contribution in [0.15, 0.2) is 0 Å². The van der Waals surface area contributed by atoms with Gasteiger partial charge >= 0.3 is 0 Å². The van der Waals surface area contributed by atoms with Crippen LogP contribution in [-0.4, -0.2) is 25.3 Å². The van der Waals surface area contributed by atoms with E-state index in [1.165, 1.54) is 45.1 Å². The molecule has 1 aliphatic rings. The lowest BCUT2D eigenvalue weighted by Crippen LogP contribution is -2.40. The highest BCUT2D eigenvalue weighted by molar-refractivity contribution is 4.77. The summed E-state index contributed by atoms with van der Waals surface area (Å²) in [5.74, 6) is 0.873. The van der Waals surface area contributed by atoms with Crippen LogP contribution in [0.2, 0.25) is 0 Å². The summed E-state index contributed by atoms with van der Waals surface area (Å²) in [5.41, 5.74) is 0. The van der Waals surface area contributed by atoms with E-state index in [0.717, 1.165) is 18.9 Å². The predicted octanol–water partition coefficient (Wildman–Crippen LogP) is 3.75. The molecule has 3 unspecified atom stereocenters. The van der Waals surface area contributed by atoms with Crippen LogP contribution in [0.1, 0.15) is 65.7 Å². The van der Waals surface area contributed by atoms with E-state index in [-0.39, 0.29) is 0 Å². The molecule has 0 aromatic rings. The highest BCUT2D eigenvalue weighted by atomic mass is 16.5. The zero-order chi connectivity index (χ0) is 12.5. The Hall–Kier alpha value is -0.0800. The minimum atomic E-state index is 0.497. The molecule has 1 heterocycles. The monoisotopic (exact) mass is 241 g/mol. The number of nitrogens with one attached hydrogen (secondary N) is 1. The smallest absolute Gasteiger partial charge is 0.0587 e. The van der Waals surface area contributed by atoms with Crippen molar-refractivity contribution in [3.63, 3.8) is 0 Å². The van der Waals surface area contributed by atoms with Gasteiger partial charge in [-0.1, -0.05) is 40.0 Å². The Bertz CT molecular complexity index is 184. The first kappa shape index (κ1) is 15.0. The van der Waals surface area contributed by atoms with Crippen molar-refractivity contribution in [3.8, 4) is 0 Å². The summed E-state index contributed by atoms with van der Waals surface area (Å²) >= 11 is 0. The van der Waals surface area contributed by atoms with Gasteiger partial charge in [-0.3, -0.25) is 0 Å². The van der Waals surface area contributed by atoms with Gasteiger partial charge in [-0.15, -0.1) is 0 Å². The lowest BCUT2D eigenvalue weighted by molar-refractivity contribution is -0.000674. The third kappa shape index (κ3) is 5.87. The largest absolute Gasteiger partial charge is 0.378 e. The second-order valence-corrected chi connectivity index (χ2v) is 5.45. The summed E-state index contributed by atoms with van der Waals surface area (Å²) in [6.45, 7) is 8.98. The fourth-order valence-corrected chi connectivity index (χ4v) is 2.63. The molecule has 2 heteroatoms. The van der Waals surface area contributed by atoms with Crippen molar-refractivity contribution >= 4 is 0 Å². The average Bonchev–Trinajstić information content (AvgIpc) is 2.39. The van der Waals surface area contributed by atoms with Crippen molar-refractivity contribution in [2.24, 2.45) is 5.92 Å². The molecule has 0 amide bonds. The molecular formula is C15H31NO. The van der Waals surface area contributed by atoms with Crippen molar-refractivity contribution in [1.82, 2.24) is 5.32 Å². The number of hydrogen-bond donors (Lipinski definition) is 1. The van der Waals surface area contributed by atoms with E-state index in [0.29, 0.717) is 12.1 Å². The van der Waals surface area contributed by atoms with Crippen LogP contribution in [0.4, 0.5) is 0 Å². The molecule has 0 spiro atoms.